The number of urea groups is 1. The molecule has 14 nitrogen and oxygen atoms in total. The number of aliphatic hydroxyl groups excluding tert-OH is 1. The molecule has 1 aliphatic heterocycles. The number of rotatable bonds is 17. The zero-order chi connectivity index (χ0) is 30.5. The average molecular weight is 575 g/mol. The zero-order valence-electron chi connectivity index (χ0n) is 23.2. The van der Waals surface area contributed by atoms with Gasteiger partial charge in [-0.2, -0.15) is 0 Å². The molecule has 0 fully saturated rings. The quantitative estimate of drug-likeness (QED) is 0.118. The summed E-state index contributed by atoms with van der Waals surface area (Å²) in [6.07, 6.45) is 2.64. The van der Waals surface area contributed by atoms with E-state index >= 15 is 0 Å². The van der Waals surface area contributed by atoms with Crippen molar-refractivity contribution in [3.8, 4) is 0 Å². The molecule has 0 bridgehead atoms. The number of nitrogens with one attached hydrogen (secondary N) is 2. The predicted octanol–water partition coefficient (Wildman–Crippen LogP) is -0.713. The molecular formula is C27H38N6O8. The van der Waals surface area contributed by atoms with Crippen molar-refractivity contribution in [1.82, 2.24) is 15.5 Å². The van der Waals surface area contributed by atoms with Crippen LogP contribution in [0.1, 0.15) is 38.7 Å². The van der Waals surface area contributed by atoms with Crippen LogP contribution in [0.2, 0.25) is 0 Å². The number of nitrogens with zero attached hydrogens (tertiary/aromatic N) is 2. The van der Waals surface area contributed by atoms with Gasteiger partial charge in [0.2, 0.25) is 11.8 Å². The van der Waals surface area contributed by atoms with Gasteiger partial charge >= 0.3 is 6.03 Å². The van der Waals surface area contributed by atoms with Crippen LogP contribution in [0.3, 0.4) is 0 Å². The Bertz CT molecular complexity index is 1120. The smallest absolute Gasteiger partial charge is 0.312 e. The summed E-state index contributed by atoms with van der Waals surface area (Å²) in [7, 11) is 0. The number of imide groups is 1. The summed E-state index contributed by atoms with van der Waals surface area (Å²) < 4.78 is 5.39. The summed E-state index contributed by atoms with van der Waals surface area (Å²) in [6, 6.07) is 3.47. The van der Waals surface area contributed by atoms with E-state index in [0.717, 1.165) is 4.90 Å². The van der Waals surface area contributed by atoms with Crippen LogP contribution in [0, 0.1) is 5.92 Å². The van der Waals surface area contributed by atoms with Crippen LogP contribution >= 0.6 is 0 Å². The fraction of sp³-hybridized carbons (Fsp3) is 0.481. The normalized spacial score (nSPS) is 14.2. The first kappa shape index (κ1) is 32.9. The van der Waals surface area contributed by atoms with E-state index in [2.05, 4.69) is 10.6 Å². The van der Waals surface area contributed by atoms with Crippen LogP contribution < -0.4 is 27.0 Å². The molecule has 1 aromatic carbocycles. The van der Waals surface area contributed by atoms with E-state index < -0.39 is 47.7 Å². The molecule has 2 rings (SSSR count). The largest absolute Gasteiger partial charge is 0.392 e. The molecule has 0 spiro atoms. The van der Waals surface area contributed by atoms with E-state index in [1.165, 1.54) is 17.1 Å². The molecule has 1 aliphatic rings. The van der Waals surface area contributed by atoms with E-state index in [1.807, 2.05) is 0 Å². The second-order valence-electron chi connectivity index (χ2n) is 9.70. The van der Waals surface area contributed by atoms with Gasteiger partial charge in [0, 0.05) is 30.8 Å². The molecule has 0 saturated heterocycles. The Balaban J connectivity index is 2.11. The molecule has 14 heteroatoms. The van der Waals surface area contributed by atoms with E-state index in [4.69, 9.17) is 16.2 Å². The van der Waals surface area contributed by atoms with E-state index in [9.17, 15) is 33.9 Å². The summed E-state index contributed by atoms with van der Waals surface area (Å²) >= 11 is 0. The second kappa shape index (κ2) is 16.1. The first-order chi connectivity index (χ1) is 19.5. The van der Waals surface area contributed by atoms with Crippen LogP contribution in [0.25, 0.3) is 0 Å². The highest BCUT2D eigenvalue weighted by molar-refractivity contribution is 6.12. The van der Waals surface area contributed by atoms with Gasteiger partial charge < -0.3 is 31.9 Å². The van der Waals surface area contributed by atoms with Crippen molar-refractivity contribution in [3.63, 3.8) is 0 Å². The molecule has 0 aliphatic carbocycles. The minimum atomic E-state index is -1.11. The molecule has 0 saturated carbocycles. The number of carbonyl (C=O) groups is 6. The number of nitrogens with two attached hydrogens (primary N) is 2. The minimum Gasteiger partial charge on any atom is -0.392 e. The van der Waals surface area contributed by atoms with Crippen LogP contribution in [0.5, 0.6) is 0 Å². The number of hydrogen-bond donors (Lipinski definition) is 5. The van der Waals surface area contributed by atoms with Crippen molar-refractivity contribution in [2.45, 2.75) is 51.8 Å². The van der Waals surface area contributed by atoms with Gasteiger partial charge in [-0.25, -0.2) is 4.79 Å². The van der Waals surface area contributed by atoms with Crippen LogP contribution in [-0.2, 0) is 35.3 Å². The lowest BCUT2D eigenvalue weighted by molar-refractivity contribution is -0.138. The average Bonchev–Trinajstić information content (AvgIpc) is 3.24. The maximum Gasteiger partial charge on any atom is 0.312 e. The monoisotopic (exact) mass is 574 g/mol. The van der Waals surface area contributed by atoms with Gasteiger partial charge in [0.15, 0.2) is 0 Å². The topological polar surface area (TPSA) is 214 Å². The number of primary amides is 2. The zero-order valence-corrected chi connectivity index (χ0v) is 23.2. The fourth-order valence-corrected chi connectivity index (χ4v) is 4.11. The Morgan fingerprint density at radius 2 is 1.66 bits per heavy atom. The molecule has 224 valence electrons. The molecule has 0 aromatic heterocycles. The molecular weight excluding hydrogens is 536 g/mol. The third-order valence-corrected chi connectivity index (χ3v) is 6.31. The van der Waals surface area contributed by atoms with Crippen molar-refractivity contribution in [2.24, 2.45) is 17.4 Å². The van der Waals surface area contributed by atoms with Crippen LogP contribution in [0.4, 0.5) is 10.5 Å². The number of anilines is 1. The molecule has 2 atom stereocenters. The lowest BCUT2D eigenvalue weighted by atomic mass is 9.99. The Morgan fingerprint density at radius 3 is 2.20 bits per heavy atom. The second-order valence-corrected chi connectivity index (χ2v) is 9.70. The summed E-state index contributed by atoms with van der Waals surface area (Å²) in [5.41, 5.74) is 11.7. The maximum absolute atomic E-state index is 13.9. The van der Waals surface area contributed by atoms with Crippen molar-refractivity contribution in [1.29, 1.82) is 0 Å². The Kier molecular flexibility index (Phi) is 12.9. The number of benzene rings is 1. The minimum absolute atomic E-state index is 0.0163. The Labute approximate surface area is 238 Å². The van der Waals surface area contributed by atoms with Gasteiger partial charge in [-0.3, -0.25) is 33.8 Å². The lowest BCUT2D eigenvalue weighted by Gasteiger charge is -2.34. The third kappa shape index (κ3) is 9.99. The molecule has 0 unspecified atom stereocenters. The van der Waals surface area contributed by atoms with Gasteiger partial charge in [0.05, 0.1) is 26.4 Å². The van der Waals surface area contributed by atoms with Crippen LogP contribution in [0.15, 0.2) is 36.4 Å². The summed E-state index contributed by atoms with van der Waals surface area (Å²) in [4.78, 5) is 75.6. The predicted molar refractivity (Wildman–Crippen MR) is 148 cm³/mol. The van der Waals surface area contributed by atoms with Crippen molar-refractivity contribution < 1.29 is 38.6 Å². The number of aliphatic hydroxyl groups is 1. The Morgan fingerprint density at radius 1 is 1.02 bits per heavy atom. The molecule has 0 radical (unpaired) electrons. The van der Waals surface area contributed by atoms with E-state index in [0.29, 0.717) is 11.3 Å². The molecule has 1 heterocycles. The van der Waals surface area contributed by atoms with Gasteiger partial charge in [0.25, 0.3) is 17.7 Å². The first-order valence-electron chi connectivity index (χ1n) is 13.2. The van der Waals surface area contributed by atoms with Gasteiger partial charge in [-0.1, -0.05) is 26.0 Å². The maximum atomic E-state index is 13.9. The molecule has 7 N–H and O–H groups in total. The van der Waals surface area contributed by atoms with E-state index in [-0.39, 0.29) is 58.1 Å². The van der Waals surface area contributed by atoms with E-state index in [1.54, 1.807) is 38.1 Å². The molecule has 41 heavy (non-hydrogen) atoms. The van der Waals surface area contributed by atoms with Gasteiger partial charge in [0.1, 0.15) is 12.1 Å². The summed E-state index contributed by atoms with van der Waals surface area (Å²) in [5.74, 6) is -3.07. The number of hydrogen-bond acceptors (Lipinski definition) is 8. The summed E-state index contributed by atoms with van der Waals surface area (Å²) in [6.45, 7) is 3.49. The van der Waals surface area contributed by atoms with Crippen molar-refractivity contribution >= 4 is 41.3 Å². The van der Waals surface area contributed by atoms with Crippen molar-refractivity contribution in [2.75, 3.05) is 31.2 Å². The lowest BCUT2D eigenvalue weighted by Crippen LogP contribution is -2.57. The van der Waals surface area contributed by atoms with Gasteiger partial charge in [-0.05, 0) is 36.5 Å². The third-order valence-electron chi connectivity index (χ3n) is 6.31. The van der Waals surface area contributed by atoms with Gasteiger partial charge in [-0.15, -0.1) is 0 Å². The Hall–Kier alpha value is -4.30. The van der Waals surface area contributed by atoms with Crippen LogP contribution in [-0.4, -0.2) is 84.0 Å². The number of ether oxygens (including phenoxy) is 1. The first-order valence-corrected chi connectivity index (χ1v) is 13.2. The number of amides is 7. The SMILES string of the molecule is CC(C)[C@H](NC(=O)CCOCCN1C(=O)C=CC1=O)C(=O)N(c1ccc(CO)cc1)[C@@H](CCCNC(N)=O)C(N)=O. The summed E-state index contributed by atoms with van der Waals surface area (Å²) in [5, 5.41) is 14.5. The fourth-order valence-electron chi connectivity index (χ4n) is 4.11. The molecule has 1 aromatic rings. The molecule has 7 amide bonds. The highest BCUT2D eigenvalue weighted by atomic mass is 16.5. The highest BCUT2D eigenvalue weighted by Gasteiger charge is 2.36. The standard InChI is InChI=1S/C27H38N6O8/c1-17(2)24(31-21(35)11-14-41-15-13-32-22(36)9-10-23(32)37)26(39)33(19-7-5-18(16-34)6-8-19)20(25(28)38)4-3-12-30-27(29)40/h5-10,17,20,24,34H,3-4,11-16H2,1-2H3,(H2,28,38)(H,31,35)(H3,29,30,40)/t20-,24-/m0/s1. The number of carbonyl (C=O) groups excluding carboxylic acids is 6. The van der Waals surface area contributed by atoms with Crippen molar-refractivity contribution in [3.05, 3.63) is 42.0 Å². The highest BCUT2D eigenvalue weighted by Crippen LogP contribution is 2.23.